The minimum Gasteiger partial charge on any atom is -0.311 e. The quantitative estimate of drug-likeness (QED) is 0.144. The zero-order chi connectivity index (χ0) is 40.5. The number of nitrogens with zero attached hydrogens (tertiary/aromatic N) is 3. The van der Waals surface area contributed by atoms with E-state index in [0.717, 1.165) is 78.3 Å². The molecule has 0 fully saturated rings. The van der Waals surface area contributed by atoms with Gasteiger partial charge in [0.1, 0.15) is 0 Å². The van der Waals surface area contributed by atoms with Crippen LogP contribution < -0.4 is 4.90 Å². The van der Waals surface area contributed by atoms with Crippen LogP contribution in [0, 0.1) is 0 Å². The predicted molar refractivity (Wildman–Crippen MR) is 256 cm³/mol. The van der Waals surface area contributed by atoms with Gasteiger partial charge in [0.2, 0.25) is 0 Å². The normalized spacial score (nSPS) is 11.3. The molecule has 2 aromatic heterocycles. The average molecular weight is 778 g/mol. The highest BCUT2D eigenvalue weighted by Gasteiger charge is 2.18. The molecular weight excluding hydrogens is 739 g/mol. The van der Waals surface area contributed by atoms with E-state index in [-0.39, 0.29) is 0 Å². The van der Waals surface area contributed by atoms with Crippen molar-refractivity contribution in [1.29, 1.82) is 0 Å². The van der Waals surface area contributed by atoms with E-state index in [1.54, 1.807) is 0 Å². The van der Waals surface area contributed by atoms with Crippen LogP contribution in [-0.4, -0.2) is 9.97 Å². The first-order valence-corrected chi connectivity index (χ1v) is 20.7. The van der Waals surface area contributed by atoms with Crippen LogP contribution in [0.2, 0.25) is 0 Å². The fourth-order valence-corrected chi connectivity index (χ4v) is 8.61. The summed E-state index contributed by atoms with van der Waals surface area (Å²) in [7, 11) is 0. The van der Waals surface area contributed by atoms with Gasteiger partial charge in [0.05, 0.1) is 22.6 Å². The number of hydrogen-bond acceptors (Lipinski definition) is 3. The maximum Gasteiger partial charge on any atom is 0.0788 e. The third-order valence-electron chi connectivity index (χ3n) is 11.6. The zero-order valence-electron chi connectivity index (χ0n) is 33.4. The van der Waals surface area contributed by atoms with Crippen LogP contribution in [0.1, 0.15) is 0 Å². The van der Waals surface area contributed by atoms with Gasteiger partial charge in [-0.25, -0.2) is 9.97 Å². The predicted octanol–water partition coefficient (Wildman–Crippen LogP) is 15.7. The van der Waals surface area contributed by atoms with Crippen molar-refractivity contribution in [2.24, 2.45) is 0 Å². The SMILES string of the molecule is c1ccc(-c2ccc(N(c3ccccc3)c3ccc(-c4nc5ccc(-c6cc(-c7ccccc7)nc(-c7ccccc7)c6)cc5c5c4ccc4ccccc45)cc3)cc2)cc1. The molecule has 3 heteroatoms. The Bertz CT molecular complexity index is 3250. The minimum absolute atomic E-state index is 0.944. The maximum absolute atomic E-state index is 5.45. The topological polar surface area (TPSA) is 29.0 Å². The lowest BCUT2D eigenvalue weighted by Gasteiger charge is -2.26. The molecule has 61 heavy (non-hydrogen) atoms. The molecule has 286 valence electrons. The molecule has 0 aliphatic rings. The van der Waals surface area contributed by atoms with Crippen LogP contribution in [0.25, 0.3) is 88.5 Å². The first-order valence-electron chi connectivity index (χ1n) is 20.7. The van der Waals surface area contributed by atoms with E-state index in [0.29, 0.717) is 0 Å². The lowest BCUT2D eigenvalue weighted by Crippen LogP contribution is -2.09. The molecule has 0 aliphatic heterocycles. The number of hydrogen-bond donors (Lipinski definition) is 0. The van der Waals surface area contributed by atoms with Crippen LogP contribution in [-0.2, 0) is 0 Å². The molecule has 0 atom stereocenters. The fourth-order valence-electron chi connectivity index (χ4n) is 8.61. The fraction of sp³-hybridized carbons (Fsp3) is 0. The third kappa shape index (κ3) is 6.88. The largest absolute Gasteiger partial charge is 0.311 e. The van der Waals surface area contributed by atoms with Gasteiger partial charge in [-0.2, -0.15) is 0 Å². The van der Waals surface area contributed by atoms with Gasteiger partial charge in [0.15, 0.2) is 0 Å². The molecule has 0 saturated carbocycles. The molecular formula is C58H39N3. The summed E-state index contributed by atoms with van der Waals surface area (Å²) in [4.78, 5) is 12.9. The molecule has 0 saturated heterocycles. The Hall–Kier alpha value is -8.14. The van der Waals surface area contributed by atoms with E-state index in [2.05, 4.69) is 229 Å². The van der Waals surface area contributed by atoms with E-state index in [4.69, 9.17) is 9.97 Å². The lowest BCUT2D eigenvalue weighted by atomic mass is 9.93. The molecule has 0 bridgehead atoms. The van der Waals surface area contributed by atoms with Crippen molar-refractivity contribution in [2.75, 3.05) is 4.90 Å². The first kappa shape index (κ1) is 36.0. The van der Waals surface area contributed by atoms with Gasteiger partial charge < -0.3 is 4.90 Å². The monoisotopic (exact) mass is 777 g/mol. The molecule has 0 spiro atoms. The van der Waals surface area contributed by atoms with Gasteiger partial charge in [-0.1, -0.05) is 176 Å². The molecule has 0 radical (unpaired) electrons. The molecule has 0 aliphatic carbocycles. The molecule has 0 amide bonds. The van der Waals surface area contributed by atoms with Gasteiger partial charge in [0.25, 0.3) is 0 Å². The number of aromatic nitrogens is 2. The highest BCUT2D eigenvalue weighted by Crippen LogP contribution is 2.41. The van der Waals surface area contributed by atoms with Crippen LogP contribution in [0.15, 0.2) is 237 Å². The molecule has 9 aromatic carbocycles. The minimum atomic E-state index is 0.944. The Kier molecular flexibility index (Phi) is 9.18. The number of rotatable bonds is 8. The van der Waals surface area contributed by atoms with Gasteiger partial charge in [-0.05, 0) is 93.7 Å². The van der Waals surface area contributed by atoms with Gasteiger partial charge in [0, 0.05) is 49.9 Å². The highest BCUT2D eigenvalue weighted by molar-refractivity contribution is 6.22. The summed E-state index contributed by atoms with van der Waals surface area (Å²) >= 11 is 0. The summed E-state index contributed by atoms with van der Waals surface area (Å²) < 4.78 is 0. The van der Waals surface area contributed by atoms with E-state index in [9.17, 15) is 0 Å². The van der Waals surface area contributed by atoms with Gasteiger partial charge >= 0.3 is 0 Å². The molecule has 11 rings (SSSR count). The van der Waals surface area contributed by atoms with Crippen LogP contribution >= 0.6 is 0 Å². The second-order valence-corrected chi connectivity index (χ2v) is 15.4. The molecule has 0 N–H and O–H groups in total. The van der Waals surface area contributed by atoms with E-state index in [1.807, 2.05) is 12.1 Å². The maximum atomic E-state index is 5.45. The van der Waals surface area contributed by atoms with Crippen LogP contribution in [0.4, 0.5) is 17.1 Å². The average Bonchev–Trinajstić information content (AvgIpc) is 3.35. The molecule has 11 aromatic rings. The number of benzene rings is 9. The van der Waals surface area contributed by atoms with Crippen molar-refractivity contribution >= 4 is 49.5 Å². The second kappa shape index (κ2) is 15.6. The summed E-state index contributed by atoms with van der Waals surface area (Å²) in [5, 5.41) is 5.86. The number of para-hydroxylation sites is 1. The Morgan fingerprint density at radius 2 is 0.770 bits per heavy atom. The summed E-state index contributed by atoms with van der Waals surface area (Å²) in [6, 6.07) is 84.0. The first-order chi connectivity index (χ1) is 30.2. The highest BCUT2D eigenvalue weighted by atomic mass is 15.1. The Balaban J connectivity index is 1.04. The van der Waals surface area contributed by atoms with Gasteiger partial charge in [-0.3, -0.25) is 0 Å². The van der Waals surface area contributed by atoms with E-state index < -0.39 is 0 Å². The number of fused-ring (bicyclic) bond motifs is 5. The van der Waals surface area contributed by atoms with Crippen molar-refractivity contribution in [3.8, 4) is 56.0 Å². The van der Waals surface area contributed by atoms with Crippen LogP contribution in [0.5, 0.6) is 0 Å². The lowest BCUT2D eigenvalue weighted by molar-refractivity contribution is 1.28. The van der Waals surface area contributed by atoms with Crippen molar-refractivity contribution in [2.45, 2.75) is 0 Å². The molecule has 0 unspecified atom stereocenters. The van der Waals surface area contributed by atoms with Crippen molar-refractivity contribution in [1.82, 2.24) is 9.97 Å². The zero-order valence-corrected chi connectivity index (χ0v) is 33.4. The summed E-state index contributed by atoms with van der Waals surface area (Å²) in [6.07, 6.45) is 0. The smallest absolute Gasteiger partial charge is 0.0788 e. The molecule has 2 heterocycles. The number of anilines is 3. The summed E-state index contributed by atoms with van der Waals surface area (Å²) in [5.41, 5.74) is 14.9. The summed E-state index contributed by atoms with van der Waals surface area (Å²) in [5.74, 6) is 0. The van der Waals surface area contributed by atoms with Crippen LogP contribution in [0.3, 0.4) is 0 Å². The Morgan fingerprint density at radius 3 is 1.39 bits per heavy atom. The Labute approximate surface area is 355 Å². The van der Waals surface area contributed by atoms with Gasteiger partial charge in [-0.15, -0.1) is 0 Å². The second-order valence-electron chi connectivity index (χ2n) is 15.4. The standard InChI is InChI=1S/C58H39N3/c1-5-15-40(16-6-1)41-25-31-49(32-26-41)61(48-22-11-4-12-23-48)50-33-27-45(28-34-50)58-52-35-29-42-17-13-14-24-51(42)57(52)53-37-46(30-36-54(53)60-58)47-38-55(43-18-7-2-8-19-43)59-56(39-47)44-20-9-3-10-21-44/h1-39H. The van der Waals surface area contributed by atoms with E-state index in [1.165, 1.54) is 27.3 Å². The Morgan fingerprint density at radius 1 is 0.279 bits per heavy atom. The van der Waals surface area contributed by atoms with Crippen molar-refractivity contribution < 1.29 is 0 Å². The van der Waals surface area contributed by atoms with Crippen molar-refractivity contribution in [3.05, 3.63) is 237 Å². The summed E-state index contributed by atoms with van der Waals surface area (Å²) in [6.45, 7) is 0. The molecule has 3 nitrogen and oxygen atoms in total. The van der Waals surface area contributed by atoms with E-state index >= 15 is 0 Å². The van der Waals surface area contributed by atoms with Crippen molar-refractivity contribution in [3.63, 3.8) is 0 Å². The third-order valence-corrected chi connectivity index (χ3v) is 11.6. The number of pyridine rings is 2.